The highest BCUT2D eigenvalue weighted by Gasteiger charge is 2.50. The summed E-state index contributed by atoms with van der Waals surface area (Å²) in [5.74, 6) is -2.66. The van der Waals surface area contributed by atoms with Crippen molar-refractivity contribution in [3.63, 3.8) is 0 Å². The van der Waals surface area contributed by atoms with Crippen LogP contribution in [0, 0.1) is 6.92 Å². The van der Waals surface area contributed by atoms with E-state index in [1.54, 1.807) is 49.4 Å². The Morgan fingerprint density at radius 3 is 2.53 bits per heavy atom. The van der Waals surface area contributed by atoms with Gasteiger partial charge in [0.25, 0.3) is 0 Å². The molecule has 45 heavy (non-hydrogen) atoms. The van der Waals surface area contributed by atoms with Crippen molar-refractivity contribution < 1.29 is 39.5 Å². The van der Waals surface area contributed by atoms with Gasteiger partial charge in [0.1, 0.15) is 23.8 Å². The van der Waals surface area contributed by atoms with Crippen LogP contribution in [0.25, 0.3) is 22.3 Å². The molecule has 4 aromatic rings. The van der Waals surface area contributed by atoms with Gasteiger partial charge in [0.15, 0.2) is 24.4 Å². The van der Waals surface area contributed by atoms with Crippen LogP contribution < -0.4 is 0 Å². The molecule has 0 aliphatic carbocycles. The topological polar surface area (TPSA) is 214 Å². The quantitative estimate of drug-likeness (QED) is 0.186. The molecule has 2 aliphatic rings. The Labute approximate surface area is 259 Å². The first-order valence-corrected chi connectivity index (χ1v) is 14.1. The Morgan fingerprint density at radius 2 is 1.84 bits per heavy atom. The van der Waals surface area contributed by atoms with Gasteiger partial charge in [-0.15, -0.1) is 5.11 Å². The van der Waals surface area contributed by atoms with Crippen molar-refractivity contribution in [2.45, 2.75) is 43.5 Å². The van der Waals surface area contributed by atoms with Crippen LogP contribution >= 0.6 is 11.6 Å². The number of aliphatic carboxylic acids is 1. The van der Waals surface area contributed by atoms with E-state index >= 15 is 0 Å². The molecule has 6 rings (SSSR count). The Balaban J connectivity index is 1.26. The van der Waals surface area contributed by atoms with Crippen molar-refractivity contribution in [2.24, 2.45) is 15.2 Å². The number of halogens is 1. The normalized spacial score (nSPS) is 22.4. The monoisotopic (exact) mass is 635 g/mol. The van der Waals surface area contributed by atoms with E-state index in [9.17, 15) is 30.0 Å². The number of aromatic carboxylic acids is 1. The molecular formula is C29H26ClN7O8. The molecule has 2 aromatic heterocycles. The highest BCUT2D eigenvalue weighted by atomic mass is 35.5. The summed E-state index contributed by atoms with van der Waals surface area (Å²) in [4.78, 5) is 41.2. The van der Waals surface area contributed by atoms with Gasteiger partial charge in [-0.3, -0.25) is 4.57 Å². The second-order valence-electron chi connectivity index (χ2n) is 10.5. The van der Waals surface area contributed by atoms with Crippen LogP contribution in [0.3, 0.4) is 0 Å². The number of hydrogen-bond donors (Lipinski definition) is 4. The van der Waals surface area contributed by atoms with E-state index in [0.717, 1.165) is 0 Å². The third-order valence-corrected chi connectivity index (χ3v) is 7.87. The number of aryl methyl sites for hydroxylation is 1. The molecule has 16 heteroatoms. The average Bonchev–Trinajstić information content (AvgIpc) is 3.77. The van der Waals surface area contributed by atoms with Gasteiger partial charge in [-0.25, -0.2) is 24.5 Å². The SMILES string of the molecule is Cc1nc(Cl)nc2c1ncn2[C@@H]1O[C@H](COC(Cc2ccc(-c3ccccc3C(=O)O)cc2)(C(=O)O)C2=NCN=N2)[C@@H](O)[C@H]1O. The van der Waals surface area contributed by atoms with Gasteiger partial charge < -0.3 is 29.9 Å². The number of imidazole rings is 1. The molecule has 1 unspecified atom stereocenters. The molecule has 1 saturated heterocycles. The third-order valence-electron chi connectivity index (χ3n) is 7.71. The lowest BCUT2D eigenvalue weighted by Gasteiger charge is -2.29. The van der Waals surface area contributed by atoms with Gasteiger partial charge in [0.2, 0.25) is 10.9 Å². The van der Waals surface area contributed by atoms with Crippen LogP contribution in [0.2, 0.25) is 5.28 Å². The molecule has 1 fully saturated rings. The summed E-state index contributed by atoms with van der Waals surface area (Å²) in [6.07, 6.45) is -4.11. The number of fused-ring (bicyclic) bond motifs is 1. The molecule has 5 atom stereocenters. The number of aliphatic hydroxyl groups is 2. The molecule has 0 radical (unpaired) electrons. The van der Waals surface area contributed by atoms with E-state index in [1.165, 1.54) is 17.0 Å². The maximum absolute atomic E-state index is 12.9. The number of aliphatic imine (C=N–C) groups is 1. The number of rotatable bonds is 10. The van der Waals surface area contributed by atoms with Crippen molar-refractivity contribution in [3.05, 3.63) is 77.0 Å². The molecule has 2 aliphatic heterocycles. The number of carboxylic acid groups (broad SMARTS) is 2. The van der Waals surface area contributed by atoms with E-state index in [4.69, 9.17) is 21.1 Å². The summed E-state index contributed by atoms with van der Waals surface area (Å²) in [6, 6.07) is 13.2. The number of azo groups is 1. The van der Waals surface area contributed by atoms with Crippen molar-refractivity contribution in [3.8, 4) is 11.1 Å². The number of hydrogen-bond acceptors (Lipinski definition) is 12. The smallest absolute Gasteiger partial charge is 0.344 e. The Bertz CT molecular complexity index is 1850. The van der Waals surface area contributed by atoms with E-state index in [-0.39, 0.29) is 35.4 Å². The van der Waals surface area contributed by atoms with Crippen LogP contribution in [-0.4, -0.2) is 94.9 Å². The van der Waals surface area contributed by atoms with E-state index in [2.05, 4.69) is 30.2 Å². The van der Waals surface area contributed by atoms with Crippen LogP contribution in [0.5, 0.6) is 0 Å². The average molecular weight is 636 g/mol. The lowest BCUT2D eigenvalue weighted by Crippen LogP contribution is -2.52. The van der Waals surface area contributed by atoms with Crippen molar-refractivity contribution in [2.75, 3.05) is 13.3 Å². The number of ether oxygens (including phenoxy) is 2. The predicted octanol–water partition coefficient (Wildman–Crippen LogP) is 2.68. The molecular weight excluding hydrogens is 610 g/mol. The van der Waals surface area contributed by atoms with Crippen LogP contribution in [0.15, 0.2) is 70.1 Å². The first-order valence-electron chi connectivity index (χ1n) is 13.7. The minimum Gasteiger partial charge on any atom is -0.479 e. The third kappa shape index (κ3) is 5.55. The molecule has 2 aromatic carbocycles. The molecule has 4 heterocycles. The van der Waals surface area contributed by atoms with Crippen LogP contribution in [0.1, 0.15) is 27.8 Å². The predicted molar refractivity (Wildman–Crippen MR) is 157 cm³/mol. The zero-order valence-electron chi connectivity index (χ0n) is 23.6. The number of nitrogens with zero attached hydrogens (tertiary/aromatic N) is 7. The Morgan fingerprint density at radius 1 is 1.09 bits per heavy atom. The summed E-state index contributed by atoms with van der Waals surface area (Å²) in [5.41, 5.74) is 0.839. The van der Waals surface area contributed by atoms with Gasteiger partial charge in [-0.1, -0.05) is 42.5 Å². The fourth-order valence-corrected chi connectivity index (χ4v) is 5.61. The lowest BCUT2D eigenvalue weighted by molar-refractivity contribution is -0.162. The number of aliphatic hydroxyl groups excluding tert-OH is 2. The van der Waals surface area contributed by atoms with Crippen molar-refractivity contribution in [1.82, 2.24) is 19.5 Å². The maximum Gasteiger partial charge on any atom is 0.344 e. The number of aromatic nitrogens is 4. The van der Waals surface area contributed by atoms with E-state index in [0.29, 0.717) is 27.9 Å². The van der Waals surface area contributed by atoms with E-state index < -0.39 is 48.7 Å². The molecule has 0 amide bonds. The fraction of sp³-hybridized carbons (Fsp3) is 0.310. The minimum atomic E-state index is -2.13. The minimum absolute atomic E-state index is 0.0356. The zero-order valence-corrected chi connectivity index (χ0v) is 24.3. The van der Waals surface area contributed by atoms with Gasteiger partial charge in [-0.05, 0) is 41.3 Å². The second-order valence-corrected chi connectivity index (χ2v) is 10.8. The van der Waals surface area contributed by atoms with Gasteiger partial charge >= 0.3 is 11.9 Å². The molecule has 0 bridgehead atoms. The van der Waals surface area contributed by atoms with Gasteiger partial charge in [0, 0.05) is 6.42 Å². The number of amidine groups is 1. The summed E-state index contributed by atoms with van der Waals surface area (Å²) in [5, 5.41) is 49.5. The van der Waals surface area contributed by atoms with E-state index in [1.807, 2.05) is 0 Å². The first kappa shape index (κ1) is 30.4. The summed E-state index contributed by atoms with van der Waals surface area (Å²) >= 11 is 6.03. The van der Waals surface area contributed by atoms with Crippen molar-refractivity contribution in [1.29, 1.82) is 0 Å². The highest BCUT2D eigenvalue weighted by Crippen LogP contribution is 2.34. The Kier molecular flexibility index (Phi) is 8.11. The second kappa shape index (κ2) is 12.0. The summed E-state index contributed by atoms with van der Waals surface area (Å²) in [7, 11) is 0. The standard InChI is InChI=1S/C29H26ClN7O8/c1-14-20-23(35-28(30)34-14)37(13-32-20)24-22(39)21(38)19(45-24)11-44-29(27(42)43,26-31-12-33-36-26)10-15-6-8-16(9-7-15)17-4-2-3-5-18(17)25(40)41/h2-9,13,19,21-22,24,38-39H,10-12H2,1H3,(H,40,41)(H,42,43)/t19-,21-,22-,24-,29?/m1/s1. The number of carbonyl (C=O) groups is 2. The maximum atomic E-state index is 12.9. The van der Waals surface area contributed by atoms with Crippen LogP contribution in [0.4, 0.5) is 0 Å². The summed E-state index contributed by atoms with van der Waals surface area (Å²) in [6.45, 7) is 1.14. The number of carboxylic acids is 2. The molecule has 0 spiro atoms. The zero-order chi connectivity index (χ0) is 31.9. The van der Waals surface area contributed by atoms with Gasteiger partial charge in [-0.2, -0.15) is 10.1 Å². The van der Waals surface area contributed by atoms with Crippen molar-refractivity contribution >= 4 is 40.5 Å². The first-order chi connectivity index (χ1) is 21.6. The molecule has 15 nitrogen and oxygen atoms in total. The fourth-order valence-electron chi connectivity index (χ4n) is 5.41. The molecule has 0 saturated carbocycles. The van der Waals surface area contributed by atoms with Crippen LogP contribution in [-0.2, 0) is 20.7 Å². The highest BCUT2D eigenvalue weighted by molar-refractivity contribution is 6.28. The molecule has 232 valence electrons. The van der Waals surface area contributed by atoms with Gasteiger partial charge in [0.05, 0.1) is 24.2 Å². The summed E-state index contributed by atoms with van der Waals surface area (Å²) < 4.78 is 13.4. The largest absolute Gasteiger partial charge is 0.479 e. The Hall–Kier alpha value is -4.67. The molecule has 4 N–H and O–H groups in total. The lowest BCUT2D eigenvalue weighted by atomic mass is 9.91. The number of benzene rings is 2.